The third-order valence-corrected chi connectivity index (χ3v) is 5.40. The molecule has 0 amide bonds. The van der Waals surface area contributed by atoms with Crippen LogP contribution in [0.5, 0.6) is 0 Å². The van der Waals surface area contributed by atoms with E-state index in [0.717, 1.165) is 5.69 Å². The molecule has 1 aromatic carbocycles. The molecule has 2 aromatic rings. The quantitative estimate of drug-likeness (QED) is 0.325. The van der Waals surface area contributed by atoms with E-state index in [1.807, 2.05) is 26.8 Å². The van der Waals surface area contributed by atoms with Gasteiger partial charge in [0.05, 0.1) is 16.3 Å². The van der Waals surface area contributed by atoms with Crippen molar-refractivity contribution in [1.29, 1.82) is 0 Å². The van der Waals surface area contributed by atoms with Gasteiger partial charge in [-0.2, -0.15) is 0 Å². The van der Waals surface area contributed by atoms with Gasteiger partial charge in [-0.15, -0.1) is 24.0 Å². The van der Waals surface area contributed by atoms with Crippen LogP contribution < -0.4 is 10.6 Å². The van der Waals surface area contributed by atoms with E-state index in [2.05, 4.69) is 20.8 Å². The minimum atomic E-state index is -3.32. The lowest BCUT2D eigenvalue weighted by Gasteiger charge is -2.11. The maximum atomic E-state index is 12.3. The van der Waals surface area contributed by atoms with Crippen molar-refractivity contribution in [2.24, 2.45) is 4.99 Å². The Bertz CT molecular complexity index is 820. The van der Waals surface area contributed by atoms with Gasteiger partial charge < -0.3 is 15.2 Å². The van der Waals surface area contributed by atoms with Crippen molar-refractivity contribution in [3.05, 3.63) is 47.9 Å². The molecule has 2 N–H and O–H groups in total. The number of aliphatic imine (C=N–C) groups is 1. The van der Waals surface area contributed by atoms with Crippen molar-refractivity contribution < 1.29 is 12.9 Å². The molecule has 9 heteroatoms. The Balaban J connectivity index is 0.00000364. The van der Waals surface area contributed by atoms with Gasteiger partial charge in [0.1, 0.15) is 6.54 Å². The number of nitrogens with zero attached hydrogens (tertiary/aromatic N) is 2. The van der Waals surface area contributed by atoms with E-state index in [4.69, 9.17) is 4.52 Å². The van der Waals surface area contributed by atoms with Gasteiger partial charge in [0.2, 0.25) is 0 Å². The molecular weight excluding hydrogens is 479 g/mol. The van der Waals surface area contributed by atoms with Gasteiger partial charge in [0.25, 0.3) is 0 Å². The number of nitrogens with one attached hydrogen (secondary N) is 2. The van der Waals surface area contributed by atoms with Crippen LogP contribution >= 0.6 is 24.0 Å². The van der Waals surface area contributed by atoms with Gasteiger partial charge in [-0.05, 0) is 25.0 Å². The average Bonchev–Trinajstić information content (AvgIpc) is 3.10. The molecule has 0 aliphatic rings. The van der Waals surface area contributed by atoms with Gasteiger partial charge in [-0.3, -0.25) is 0 Å². The van der Waals surface area contributed by atoms with Crippen LogP contribution in [0.25, 0.3) is 0 Å². The van der Waals surface area contributed by atoms with Crippen LogP contribution in [0.3, 0.4) is 0 Å². The van der Waals surface area contributed by atoms with Crippen molar-refractivity contribution in [3.63, 3.8) is 0 Å². The Labute approximate surface area is 178 Å². The molecule has 0 saturated heterocycles. The molecule has 1 heterocycles. The largest absolute Gasteiger partial charge is 0.359 e. The molecule has 27 heavy (non-hydrogen) atoms. The summed E-state index contributed by atoms with van der Waals surface area (Å²) < 4.78 is 29.9. The van der Waals surface area contributed by atoms with Crippen LogP contribution in [-0.4, -0.2) is 38.4 Å². The predicted octanol–water partition coefficient (Wildman–Crippen LogP) is 2.95. The first-order chi connectivity index (χ1) is 12.4. The smallest absolute Gasteiger partial charge is 0.191 e. The molecule has 0 aliphatic heterocycles. The number of hydrogen-bond donors (Lipinski definition) is 2. The second-order valence-corrected chi connectivity index (χ2v) is 8.24. The monoisotopic (exact) mass is 506 g/mol. The zero-order valence-corrected chi connectivity index (χ0v) is 19.0. The first-order valence-corrected chi connectivity index (χ1v) is 10.3. The summed E-state index contributed by atoms with van der Waals surface area (Å²) in [5, 5.41) is 10.1. The van der Waals surface area contributed by atoms with Gasteiger partial charge in [0, 0.05) is 19.2 Å². The fraction of sp³-hybridized carbons (Fsp3) is 0.444. The van der Waals surface area contributed by atoms with E-state index < -0.39 is 9.84 Å². The maximum absolute atomic E-state index is 12.3. The fourth-order valence-electron chi connectivity index (χ4n) is 2.22. The number of aromatic nitrogens is 1. The second kappa shape index (κ2) is 11.3. The second-order valence-electron chi connectivity index (χ2n) is 6.13. The molecule has 150 valence electrons. The summed E-state index contributed by atoms with van der Waals surface area (Å²) in [6.45, 7) is 7.30. The lowest BCUT2D eigenvalue weighted by atomic mass is 10.1. The highest BCUT2D eigenvalue weighted by molar-refractivity contribution is 14.0. The van der Waals surface area contributed by atoms with Crippen LogP contribution in [0.4, 0.5) is 0 Å². The molecule has 0 fully saturated rings. The molecule has 0 atom stereocenters. The zero-order valence-electron chi connectivity index (χ0n) is 15.8. The normalized spacial score (nSPS) is 11.9. The number of benzene rings is 1. The van der Waals surface area contributed by atoms with Crippen LogP contribution in [-0.2, 0) is 16.4 Å². The molecule has 0 unspecified atom stereocenters. The number of hydrogen-bond acceptors (Lipinski definition) is 5. The van der Waals surface area contributed by atoms with E-state index in [1.54, 1.807) is 30.3 Å². The molecule has 7 nitrogen and oxygen atoms in total. The topological polar surface area (TPSA) is 96.6 Å². The highest BCUT2D eigenvalue weighted by Gasteiger charge is 2.13. The molecule has 0 radical (unpaired) electrons. The number of sulfone groups is 1. The zero-order chi connectivity index (χ0) is 19.0. The van der Waals surface area contributed by atoms with Crippen LogP contribution in [0.1, 0.15) is 38.1 Å². The van der Waals surface area contributed by atoms with E-state index in [1.165, 1.54) is 0 Å². The number of guanidine groups is 1. The van der Waals surface area contributed by atoms with Gasteiger partial charge >= 0.3 is 0 Å². The first kappa shape index (κ1) is 23.4. The summed E-state index contributed by atoms with van der Waals surface area (Å²) in [5.41, 5.74) is 0.891. The number of rotatable bonds is 8. The summed E-state index contributed by atoms with van der Waals surface area (Å²) >= 11 is 0. The maximum Gasteiger partial charge on any atom is 0.191 e. The summed E-state index contributed by atoms with van der Waals surface area (Å²) in [7, 11) is -3.32. The van der Waals surface area contributed by atoms with E-state index in [9.17, 15) is 8.42 Å². The van der Waals surface area contributed by atoms with Crippen molar-refractivity contribution >= 4 is 39.8 Å². The molecular formula is C18H27IN4O3S. The van der Waals surface area contributed by atoms with Crippen LogP contribution in [0.15, 0.2) is 50.8 Å². The lowest BCUT2D eigenvalue weighted by Crippen LogP contribution is -2.39. The third-order valence-electron chi connectivity index (χ3n) is 3.67. The van der Waals surface area contributed by atoms with Crippen molar-refractivity contribution in [2.75, 3.05) is 18.8 Å². The Morgan fingerprint density at radius 3 is 2.52 bits per heavy atom. The van der Waals surface area contributed by atoms with Gasteiger partial charge in [-0.1, -0.05) is 37.2 Å². The Kier molecular flexibility index (Phi) is 9.78. The first-order valence-electron chi connectivity index (χ1n) is 8.68. The molecule has 0 spiro atoms. The van der Waals surface area contributed by atoms with E-state index in [-0.39, 0.29) is 36.3 Å². The minimum absolute atomic E-state index is 0. The fourth-order valence-corrected chi connectivity index (χ4v) is 3.40. The Morgan fingerprint density at radius 1 is 1.22 bits per heavy atom. The summed E-state index contributed by atoms with van der Waals surface area (Å²) in [5.74, 6) is 1.49. The minimum Gasteiger partial charge on any atom is -0.359 e. The lowest BCUT2D eigenvalue weighted by molar-refractivity contribution is 0.376. The molecule has 0 saturated carbocycles. The van der Waals surface area contributed by atoms with Crippen LogP contribution in [0.2, 0.25) is 0 Å². The SMILES string of the molecule is CCNC(=NCc1cc(C(C)C)no1)NCCS(=O)(=O)c1ccccc1.I. The third kappa shape index (κ3) is 7.49. The van der Waals surface area contributed by atoms with Crippen LogP contribution in [0, 0.1) is 0 Å². The Hall–Kier alpha value is -1.62. The molecule has 1 aromatic heterocycles. The van der Waals surface area contributed by atoms with Gasteiger partial charge in [0.15, 0.2) is 21.6 Å². The highest BCUT2D eigenvalue weighted by atomic mass is 127. The highest BCUT2D eigenvalue weighted by Crippen LogP contribution is 2.14. The molecule has 0 bridgehead atoms. The summed E-state index contributed by atoms with van der Waals surface area (Å²) in [6.07, 6.45) is 0. The summed E-state index contributed by atoms with van der Waals surface area (Å²) in [4.78, 5) is 4.74. The number of halogens is 1. The van der Waals surface area contributed by atoms with Crippen molar-refractivity contribution in [3.8, 4) is 0 Å². The van der Waals surface area contributed by atoms with Crippen molar-refractivity contribution in [2.45, 2.75) is 38.1 Å². The average molecular weight is 506 g/mol. The van der Waals surface area contributed by atoms with E-state index >= 15 is 0 Å². The van der Waals surface area contributed by atoms with E-state index in [0.29, 0.717) is 35.6 Å². The molecule has 0 aliphatic carbocycles. The Morgan fingerprint density at radius 2 is 1.93 bits per heavy atom. The summed E-state index contributed by atoms with van der Waals surface area (Å²) in [6, 6.07) is 10.3. The van der Waals surface area contributed by atoms with Gasteiger partial charge in [-0.25, -0.2) is 13.4 Å². The standard InChI is InChI=1S/C18H26N4O3S.HI/c1-4-19-18(21-13-15-12-17(14(2)3)22-25-15)20-10-11-26(23,24)16-8-6-5-7-9-16;/h5-9,12,14H,4,10-11,13H2,1-3H3,(H2,19,20,21);1H. The molecule has 2 rings (SSSR count). The predicted molar refractivity (Wildman–Crippen MR) is 117 cm³/mol. The van der Waals surface area contributed by atoms with Crippen molar-refractivity contribution in [1.82, 2.24) is 15.8 Å².